The Morgan fingerprint density at radius 3 is 2.70 bits per heavy atom. The van der Waals surface area contributed by atoms with Gasteiger partial charge in [-0.2, -0.15) is 0 Å². The molecule has 0 spiro atoms. The molecular formula is C19H32O3Si. The van der Waals surface area contributed by atoms with Gasteiger partial charge in [-0.3, -0.25) is 0 Å². The summed E-state index contributed by atoms with van der Waals surface area (Å²) < 4.78 is 18.5. The van der Waals surface area contributed by atoms with Gasteiger partial charge in [0.1, 0.15) is 12.2 Å². The van der Waals surface area contributed by atoms with E-state index in [2.05, 4.69) is 39.9 Å². The van der Waals surface area contributed by atoms with Crippen LogP contribution in [0.4, 0.5) is 0 Å². The molecule has 3 aliphatic rings. The van der Waals surface area contributed by atoms with Gasteiger partial charge in [0.25, 0.3) is 0 Å². The maximum atomic E-state index is 6.40. The van der Waals surface area contributed by atoms with E-state index in [0.717, 1.165) is 6.61 Å². The van der Waals surface area contributed by atoms with Crippen molar-refractivity contribution in [2.75, 3.05) is 13.2 Å². The van der Waals surface area contributed by atoms with E-state index in [1.54, 1.807) is 11.1 Å². The van der Waals surface area contributed by atoms with Crippen molar-refractivity contribution < 1.29 is 13.9 Å². The molecule has 2 aliphatic heterocycles. The number of hydrogen-bond acceptors (Lipinski definition) is 3. The van der Waals surface area contributed by atoms with Crippen LogP contribution in [0.1, 0.15) is 46.5 Å². The molecule has 0 N–H and O–H groups in total. The van der Waals surface area contributed by atoms with Gasteiger partial charge in [0, 0.05) is 5.92 Å². The molecule has 0 radical (unpaired) electrons. The summed E-state index contributed by atoms with van der Waals surface area (Å²) in [4.78, 5) is 0. The van der Waals surface area contributed by atoms with Gasteiger partial charge in [0.15, 0.2) is 8.32 Å². The van der Waals surface area contributed by atoms with Crippen molar-refractivity contribution in [3.8, 4) is 0 Å². The van der Waals surface area contributed by atoms with Crippen LogP contribution in [0.15, 0.2) is 23.5 Å². The van der Waals surface area contributed by atoms with E-state index in [1.165, 1.54) is 25.7 Å². The smallest absolute Gasteiger partial charge is 0.192 e. The number of ether oxygens (including phenoxy) is 2. The van der Waals surface area contributed by atoms with Crippen molar-refractivity contribution in [3.63, 3.8) is 0 Å². The Morgan fingerprint density at radius 1 is 1.22 bits per heavy atom. The number of rotatable bonds is 3. The first kappa shape index (κ1) is 17.2. The van der Waals surface area contributed by atoms with Crippen LogP contribution in [0.2, 0.25) is 18.1 Å². The van der Waals surface area contributed by atoms with E-state index in [9.17, 15) is 0 Å². The fourth-order valence-electron chi connectivity index (χ4n) is 3.57. The third-order valence-corrected chi connectivity index (χ3v) is 10.7. The predicted octanol–water partition coefficient (Wildman–Crippen LogP) is 4.81. The van der Waals surface area contributed by atoms with Crippen molar-refractivity contribution in [2.45, 2.75) is 76.8 Å². The van der Waals surface area contributed by atoms with Crippen LogP contribution < -0.4 is 0 Å². The Balaban J connectivity index is 1.69. The number of hydrogen-bond donors (Lipinski definition) is 0. The normalized spacial score (nSPS) is 31.4. The first-order chi connectivity index (χ1) is 10.8. The molecule has 2 heterocycles. The van der Waals surface area contributed by atoms with E-state index >= 15 is 0 Å². The zero-order valence-electron chi connectivity index (χ0n) is 15.4. The van der Waals surface area contributed by atoms with Gasteiger partial charge in [0.05, 0.1) is 19.5 Å². The van der Waals surface area contributed by atoms with Crippen LogP contribution in [-0.2, 0) is 13.9 Å². The van der Waals surface area contributed by atoms with Crippen LogP contribution in [-0.4, -0.2) is 33.7 Å². The molecule has 130 valence electrons. The van der Waals surface area contributed by atoms with E-state index in [0.29, 0.717) is 12.5 Å². The van der Waals surface area contributed by atoms with Crippen molar-refractivity contribution in [2.24, 2.45) is 5.92 Å². The van der Waals surface area contributed by atoms with E-state index in [-0.39, 0.29) is 17.2 Å². The monoisotopic (exact) mass is 336 g/mol. The highest BCUT2D eigenvalue weighted by Crippen LogP contribution is 2.41. The molecule has 1 aliphatic carbocycles. The third kappa shape index (κ3) is 3.44. The second-order valence-electron chi connectivity index (χ2n) is 8.71. The molecule has 4 heteroatoms. The van der Waals surface area contributed by atoms with Crippen LogP contribution in [0, 0.1) is 5.92 Å². The standard InChI is InChI=1S/C19H32O3Si/c1-19(2,3)23(4,5)22-13-17-18-16(10-11-20-17)15-9-7-6-8-14(15)12-21-18/h10-11,16-18H,6-9,12-13H2,1-5H3/t16-,17-,18+/m1/s1. The highest BCUT2D eigenvalue weighted by Gasteiger charge is 2.42. The number of fused-ring (bicyclic) bond motifs is 2. The average Bonchev–Trinajstić information content (AvgIpc) is 2.51. The Kier molecular flexibility index (Phi) is 4.78. The average molecular weight is 337 g/mol. The molecule has 0 aromatic heterocycles. The van der Waals surface area contributed by atoms with Crippen molar-refractivity contribution in [3.05, 3.63) is 23.5 Å². The zero-order valence-corrected chi connectivity index (χ0v) is 16.4. The van der Waals surface area contributed by atoms with E-state index < -0.39 is 8.32 Å². The van der Waals surface area contributed by atoms with Crippen molar-refractivity contribution in [1.82, 2.24) is 0 Å². The molecule has 0 aromatic carbocycles. The predicted molar refractivity (Wildman–Crippen MR) is 95.9 cm³/mol. The Hall–Kier alpha value is -0.583. The van der Waals surface area contributed by atoms with Crippen molar-refractivity contribution in [1.29, 1.82) is 0 Å². The van der Waals surface area contributed by atoms with Crippen LogP contribution >= 0.6 is 0 Å². The Bertz CT molecular complexity index is 501. The lowest BCUT2D eigenvalue weighted by molar-refractivity contribution is -0.0871. The van der Waals surface area contributed by atoms with Crippen LogP contribution in [0.25, 0.3) is 0 Å². The molecule has 0 aromatic rings. The van der Waals surface area contributed by atoms with Crippen LogP contribution in [0.3, 0.4) is 0 Å². The van der Waals surface area contributed by atoms with Crippen molar-refractivity contribution >= 4 is 8.32 Å². The fraction of sp³-hybridized carbons (Fsp3) is 0.789. The van der Waals surface area contributed by atoms with Gasteiger partial charge in [-0.25, -0.2) is 0 Å². The fourth-order valence-corrected chi connectivity index (χ4v) is 4.58. The molecule has 23 heavy (non-hydrogen) atoms. The zero-order chi connectivity index (χ0) is 16.7. The quantitative estimate of drug-likeness (QED) is 0.547. The van der Waals surface area contributed by atoms with Gasteiger partial charge in [-0.1, -0.05) is 26.3 Å². The molecule has 3 nitrogen and oxygen atoms in total. The maximum Gasteiger partial charge on any atom is 0.192 e. The first-order valence-corrected chi connectivity index (χ1v) is 12.0. The molecule has 0 fully saturated rings. The summed E-state index contributed by atoms with van der Waals surface area (Å²) in [5, 5.41) is 0.226. The molecular weight excluding hydrogens is 304 g/mol. The Labute approximate surface area is 142 Å². The summed E-state index contributed by atoms with van der Waals surface area (Å²) in [7, 11) is -1.75. The minimum Gasteiger partial charge on any atom is -0.493 e. The largest absolute Gasteiger partial charge is 0.493 e. The lowest BCUT2D eigenvalue weighted by Crippen LogP contribution is -2.49. The lowest BCUT2D eigenvalue weighted by Gasteiger charge is -2.43. The lowest BCUT2D eigenvalue weighted by atomic mass is 9.78. The van der Waals surface area contributed by atoms with Gasteiger partial charge in [-0.15, -0.1) is 0 Å². The summed E-state index contributed by atoms with van der Waals surface area (Å²) in [6.07, 6.45) is 9.33. The molecule has 3 atom stereocenters. The summed E-state index contributed by atoms with van der Waals surface area (Å²) in [6.45, 7) is 12.9. The van der Waals surface area contributed by atoms with Gasteiger partial charge in [-0.05, 0) is 55.5 Å². The highest BCUT2D eigenvalue weighted by molar-refractivity contribution is 6.74. The summed E-state index contributed by atoms with van der Waals surface area (Å²) in [5.74, 6) is 0.404. The van der Waals surface area contributed by atoms with E-state index in [4.69, 9.17) is 13.9 Å². The topological polar surface area (TPSA) is 27.7 Å². The van der Waals surface area contributed by atoms with E-state index in [1.807, 2.05) is 6.26 Å². The minimum atomic E-state index is -1.75. The SMILES string of the molecule is CC(C)(C)[Si](C)(C)OC[C@H]1OC=C[C@@H]2C3=C(CCCC3)CO[C@@H]21. The second kappa shape index (κ2) is 6.38. The molecule has 0 bridgehead atoms. The minimum absolute atomic E-state index is 0.0232. The molecule has 3 rings (SSSR count). The van der Waals surface area contributed by atoms with Gasteiger partial charge >= 0.3 is 0 Å². The first-order valence-electron chi connectivity index (χ1n) is 9.08. The van der Waals surface area contributed by atoms with Gasteiger partial charge < -0.3 is 13.9 Å². The molecule has 0 saturated carbocycles. The van der Waals surface area contributed by atoms with Gasteiger partial charge in [0.2, 0.25) is 0 Å². The second-order valence-corrected chi connectivity index (χ2v) is 13.5. The third-order valence-electron chi connectivity index (χ3n) is 6.16. The summed E-state index contributed by atoms with van der Waals surface area (Å²) in [6, 6.07) is 0. The summed E-state index contributed by atoms with van der Waals surface area (Å²) in [5.41, 5.74) is 3.18. The maximum absolute atomic E-state index is 6.40. The summed E-state index contributed by atoms with van der Waals surface area (Å²) >= 11 is 0. The molecule has 0 amide bonds. The van der Waals surface area contributed by atoms with Crippen LogP contribution in [0.5, 0.6) is 0 Å². The molecule has 0 unspecified atom stereocenters. The highest BCUT2D eigenvalue weighted by atomic mass is 28.4. The molecule has 0 saturated heterocycles. The Morgan fingerprint density at radius 2 is 1.96 bits per heavy atom.